The molecule has 1 aromatic carbocycles. The van der Waals surface area contributed by atoms with Crippen LogP contribution in [0, 0.1) is 6.92 Å². The second kappa shape index (κ2) is 10.2. The molecule has 2 aliphatic rings. The number of fused-ring (bicyclic) bond motifs is 2. The Bertz CT molecular complexity index is 1450. The van der Waals surface area contributed by atoms with Gasteiger partial charge in [0.1, 0.15) is 6.54 Å². The first-order valence-corrected chi connectivity index (χ1v) is 13.0. The lowest BCUT2D eigenvalue weighted by Crippen LogP contribution is -2.61. The van der Waals surface area contributed by atoms with Gasteiger partial charge < -0.3 is 29.5 Å². The summed E-state index contributed by atoms with van der Waals surface area (Å²) < 4.78 is 7.31. The smallest absolute Gasteiger partial charge is 0.407 e. The van der Waals surface area contributed by atoms with E-state index in [1.165, 1.54) is 4.90 Å². The molecule has 10 nitrogen and oxygen atoms in total. The Kier molecular flexibility index (Phi) is 6.92. The first-order chi connectivity index (χ1) is 18.2. The molecule has 1 fully saturated rings. The van der Waals surface area contributed by atoms with Crippen molar-refractivity contribution in [2.75, 3.05) is 26.7 Å². The Balaban J connectivity index is 1.48. The van der Waals surface area contributed by atoms with Crippen molar-refractivity contribution in [1.29, 1.82) is 0 Å². The average molecular weight is 540 g/mol. The lowest BCUT2D eigenvalue weighted by atomic mass is 9.99. The van der Waals surface area contributed by atoms with Gasteiger partial charge in [0.05, 0.1) is 24.2 Å². The monoisotopic (exact) mass is 539 g/mol. The number of nitrogens with one attached hydrogen (secondary N) is 1. The third-order valence-corrected chi connectivity index (χ3v) is 7.59. The fourth-order valence-electron chi connectivity index (χ4n) is 5.60. The van der Waals surface area contributed by atoms with Crippen molar-refractivity contribution in [3.63, 3.8) is 0 Å². The highest BCUT2D eigenvalue weighted by Gasteiger charge is 2.33. The molecule has 200 valence electrons. The van der Waals surface area contributed by atoms with E-state index in [1.807, 2.05) is 35.4 Å². The van der Waals surface area contributed by atoms with Crippen LogP contribution < -0.4 is 10.1 Å². The molecule has 11 heteroatoms. The molecule has 3 aromatic rings. The molecule has 0 bridgehead atoms. The van der Waals surface area contributed by atoms with Crippen molar-refractivity contribution in [3.8, 4) is 5.88 Å². The zero-order valence-corrected chi connectivity index (χ0v) is 22.3. The minimum Gasteiger partial charge on any atom is -0.481 e. The summed E-state index contributed by atoms with van der Waals surface area (Å²) in [5, 5.41) is 13.2. The molecule has 2 aromatic heterocycles. The summed E-state index contributed by atoms with van der Waals surface area (Å²) >= 11 is 6.44. The Labute approximate surface area is 225 Å². The van der Waals surface area contributed by atoms with Gasteiger partial charge in [-0.05, 0) is 49.1 Å². The maximum atomic E-state index is 14.1. The van der Waals surface area contributed by atoms with Gasteiger partial charge >= 0.3 is 6.09 Å². The van der Waals surface area contributed by atoms with Gasteiger partial charge in [0.25, 0.3) is 5.91 Å². The first kappa shape index (κ1) is 25.8. The van der Waals surface area contributed by atoms with Crippen molar-refractivity contribution in [2.45, 2.75) is 45.8 Å². The van der Waals surface area contributed by atoms with E-state index in [2.05, 4.69) is 10.3 Å². The molecule has 0 saturated carbocycles. The number of carboxylic acid groups (broad SMARTS) is 1. The topological polar surface area (TPSA) is 117 Å². The van der Waals surface area contributed by atoms with Crippen LogP contribution in [-0.2, 0) is 30.7 Å². The minimum absolute atomic E-state index is 0.0186. The van der Waals surface area contributed by atoms with E-state index in [0.29, 0.717) is 42.4 Å². The number of amides is 3. The molecule has 2 aliphatic heterocycles. The Morgan fingerprint density at radius 2 is 2.00 bits per heavy atom. The molecule has 4 heterocycles. The van der Waals surface area contributed by atoms with Crippen LogP contribution >= 0.6 is 11.6 Å². The quantitative estimate of drug-likeness (QED) is 0.496. The zero-order chi connectivity index (χ0) is 27.1. The van der Waals surface area contributed by atoms with Gasteiger partial charge in [0.15, 0.2) is 0 Å². The predicted molar refractivity (Wildman–Crippen MR) is 142 cm³/mol. The number of halogens is 1. The van der Waals surface area contributed by atoms with Crippen LogP contribution in [0.1, 0.15) is 39.7 Å². The summed E-state index contributed by atoms with van der Waals surface area (Å²) in [7, 11) is 1.60. The molecule has 5 rings (SSSR count). The zero-order valence-electron chi connectivity index (χ0n) is 21.6. The SMILES string of the molecule is CCc1c(C(=O)N2CCc3c(ccnc3OC)C2)c2cc(Cl)cc(C)c2n1CC(=O)NC1CN(C(=O)O)C1. The highest BCUT2D eigenvalue weighted by atomic mass is 35.5. The van der Waals surface area contributed by atoms with Crippen LogP contribution in [-0.4, -0.2) is 75.2 Å². The lowest BCUT2D eigenvalue weighted by molar-refractivity contribution is -0.123. The number of aryl methyl sites for hydroxylation is 1. The highest BCUT2D eigenvalue weighted by Crippen LogP contribution is 2.34. The maximum absolute atomic E-state index is 14.1. The molecule has 0 atom stereocenters. The summed E-state index contributed by atoms with van der Waals surface area (Å²) in [6.45, 7) is 5.39. The van der Waals surface area contributed by atoms with Crippen LogP contribution in [0.3, 0.4) is 0 Å². The second-order valence-electron chi connectivity index (χ2n) is 9.77. The molecule has 38 heavy (non-hydrogen) atoms. The standard InChI is InChI=1S/C27H30ClN5O5/c1-4-21-23(26(35)31-8-6-19-16(11-31)5-7-29-25(19)38-3)20-10-17(28)9-15(2)24(20)33(21)14-22(34)30-18-12-32(13-18)27(36)37/h5,7,9-10,18H,4,6,8,11-14H2,1-3H3,(H,30,34)(H,36,37). The Hall–Kier alpha value is -3.79. The number of aromatic nitrogens is 2. The summed E-state index contributed by atoms with van der Waals surface area (Å²) in [6, 6.07) is 5.33. The number of carbonyl (C=O) groups excluding carboxylic acids is 2. The van der Waals surface area contributed by atoms with Gasteiger partial charge in [-0.15, -0.1) is 0 Å². The summed E-state index contributed by atoms with van der Waals surface area (Å²) in [5.41, 5.74) is 5.02. The van der Waals surface area contributed by atoms with Crippen LogP contribution in [0.15, 0.2) is 24.4 Å². The molecular weight excluding hydrogens is 510 g/mol. The maximum Gasteiger partial charge on any atom is 0.407 e. The van der Waals surface area contributed by atoms with E-state index >= 15 is 0 Å². The number of hydrogen-bond acceptors (Lipinski definition) is 5. The normalized spacial score (nSPS) is 15.3. The fraction of sp³-hybridized carbons (Fsp3) is 0.407. The van der Waals surface area contributed by atoms with Gasteiger partial charge in [0, 0.05) is 54.0 Å². The summed E-state index contributed by atoms with van der Waals surface area (Å²) in [5.74, 6) is 0.253. The number of methoxy groups -OCH3 is 1. The van der Waals surface area contributed by atoms with E-state index < -0.39 is 6.09 Å². The van der Waals surface area contributed by atoms with Crippen molar-refractivity contribution in [3.05, 3.63) is 57.4 Å². The number of pyridine rings is 1. The third kappa shape index (κ3) is 4.53. The van der Waals surface area contributed by atoms with Crippen molar-refractivity contribution in [1.82, 2.24) is 24.7 Å². The number of likely N-dealkylation sites (tertiary alicyclic amines) is 1. The van der Waals surface area contributed by atoms with Crippen molar-refractivity contribution in [2.24, 2.45) is 0 Å². The van der Waals surface area contributed by atoms with Crippen LogP contribution in [0.25, 0.3) is 10.9 Å². The molecule has 0 spiro atoms. The van der Waals surface area contributed by atoms with E-state index in [1.54, 1.807) is 19.4 Å². The molecule has 3 amide bonds. The molecule has 0 radical (unpaired) electrons. The fourth-order valence-corrected chi connectivity index (χ4v) is 5.87. The largest absolute Gasteiger partial charge is 0.481 e. The minimum atomic E-state index is -0.995. The van der Waals surface area contributed by atoms with Gasteiger partial charge in [0.2, 0.25) is 11.8 Å². The molecule has 0 aliphatic carbocycles. The summed E-state index contributed by atoms with van der Waals surface area (Å²) in [6.07, 6.45) is 1.87. The molecule has 1 saturated heterocycles. The van der Waals surface area contributed by atoms with Crippen LogP contribution in [0.5, 0.6) is 5.88 Å². The van der Waals surface area contributed by atoms with Gasteiger partial charge in [-0.1, -0.05) is 18.5 Å². The number of carbonyl (C=O) groups is 3. The van der Waals surface area contributed by atoms with Gasteiger partial charge in [-0.3, -0.25) is 9.59 Å². The predicted octanol–water partition coefficient (Wildman–Crippen LogP) is 3.25. The molecule has 0 unspecified atom stereocenters. The number of rotatable bonds is 6. The number of hydrogen-bond donors (Lipinski definition) is 2. The van der Waals surface area contributed by atoms with Gasteiger partial charge in [-0.25, -0.2) is 9.78 Å². The number of benzene rings is 1. The van der Waals surface area contributed by atoms with Gasteiger partial charge in [-0.2, -0.15) is 0 Å². The third-order valence-electron chi connectivity index (χ3n) is 7.37. The first-order valence-electron chi connectivity index (χ1n) is 12.6. The number of ether oxygens (including phenoxy) is 1. The van der Waals surface area contributed by atoms with E-state index in [-0.39, 0.29) is 37.5 Å². The Morgan fingerprint density at radius 3 is 2.68 bits per heavy atom. The van der Waals surface area contributed by atoms with Crippen molar-refractivity contribution < 1.29 is 24.2 Å². The van der Waals surface area contributed by atoms with Crippen molar-refractivity contribution >= 4 is 40.4 Å². The Morgan fingerprint density at radius 1 is 1.24 bits per heavy atom. The summed E-state index contributed by atoms with van der Waals surface area (Å²) in [4.78, 5) is 45.5. The van der Waals surface area contributed by atoms with E-state index in [9.17, 15) is 14.4 Å². The molecular formula is C27H30ClN5O5. The van der Waals surface area contributed by atoms with E-state index in [4.69, 9.17) is 21.4 Å². The number of nitrogens with zero attached hydrogens (tertiary/aromatic N) is 4. The highest BCUT2D eigenvalue weighted by molar-refractivity contribution is 6.31. The van der Waals surface area contributed by atoms with Crippen LogP contribution in [0.2, 0.25) is 5.02 Å². The molecule has 2 N–H and O–H groups in total. The lowest BCUT2D eigenvalue weighted by Gasteiger charge is -2.37. The van der Waals surface area contributed by atoms with Crippen LogP contribution in [0.4, 0.5) is 4.79 Å². The second-order valence-corrected chi connectivity index (χ2v) is 10.2. The average Bonchev–Trinajstić information content (AvgIpc) is 3.17. The van der Waals surface area contributed by atoms with E-state index in [0.717, 1.165) is 33.3 Å².